The summed E-state index contributed by atoms with van der Waals surface area (Å²) in [6.07, 6.45) is 9.10. The van der Waals surface area contributed by atoms with Crippen molar-refractivity contribution in [3.8, 4) is 0 Å². The van der Waals surface area contributed by atoms with Gasteiger partial charge in [0.15, 0.2) is 0 Å². The molecular weight excluding hydrogens is 294 g/mol. The highest BCUT2D eigenvalue weighted by atomic mass is 32.1. The van der Waals surface area contributed by atoms with E-state index in [-0.39, 0.29) is 5.91 Å². The molecule has 0 unspecified atom stereocenters. The number of rotatable bonds is 4. The molecule has 4 nitrogen and oxygen atoms in total. The van der Waals surface area contributed by atoms with E-state index in [1.807, 2.05) is 46.1 Å². The van der Waals surface area contributed by atoms with Crippen LogP contribution in [-0.4, -0.2) is 34.9 Å². The van der Waals surface area contributed by atoms with Gasteiger partial charge in [-0.05, 0) is 53.4 Å². The molecule has 0 spiro atoms. The van der Waals surface area contributed by atoms with E-state index in [1.165, 1.54) is 0 Å². The van der Waals surface area contributed by atoms with Crippen LogP contribution in [0.4, 0.5) is 5.69 Å². The average Bonchev–Trinajstić information content (AvgIpc) is 3.08. The van der Waals surface area contributed by atoms with Crippen molar-refractivity contribution in [2.45, 2.75) is 18.9 Å². The summed E-state index contributed by atoms with van der Waals surface area (Å²) in [6.45, 7) is 1.59. The second kappa shape index (κ2) is 7.22. The molecule has 2 aromatic heterocycles. The highest BCUT2D eigenvalue weighted by Gasteiger charge is 2.21. The fraction of sp³-hybridized carbons (Fsp3) is 0.294. The Morgan fingerprint density at radius 2 is 2.23 bits per heavy atom. The van der Waals surface area contributed by atoms with Crippen molar-refractivity contribution < 1.29 is 4.79 Å². The Hall–Kier alpha value is -2.14. The molecule has 1 aliphatic heterocycles. The minimum absolute atomic E-state index is 0.103. The lowest BCUT2D eigenvalue weighted by atomic mass is 10.0. The Morgan fingerprint density at radius 3 is 2.91 bits per heavy atom. The zero-order valence-corrected chi connectivity index (χ0v) is 13.1. The van der Waals surface area contributed by atoms with Gasteiger partial charge in [0.1, 0.15) is 0 Å². The van der Waals surface area contributed by atoms with E-state index in [1.54, 1.807) is 23.6 Å². The number of nitrogens with zero attached hydrogens (tertiary/aromatic N) is 2. The zero-order chi connectivity index (χ0) is 15.2. The van der Waals surface area contributed by atoms with Gasteiger partial charge in [-0.15, -0.1) is 0 Å². The van der Waals surface area contributed by atoms with Gasteiger partial charge in [-0.2, -0.15) is 11.3 Å². The number of carbonyl (C=O) groups is 1. The Labute approximate surface area is 134 Å². The highest BCUT2D eigenvalue weighted by molar-refractivity contribution is 7.08. The maximum Gasteiger partial charge on any atom is 0.246 e. The first-order chi connectivity index (χ1) is 10.8. The summed E-state index contributed by atoms with van der Waals surface area (Å²) in [6, 6.07) is 6.37. The summed E-state index contributed by atoms with van der Waals surface area (Å²) >= 11 is 1.64. The molecule has 3 heterocycles. The SMILES string of the molecule is O=C(C=Cc1ccsc1)N1CCC(Nc2cccnc2)CC1. The van der Waals surface area contributed by atoms with E-state index < -0.39 is 0 Å². The number of piperidine rings is 1. The van der Waals surface area contributed by atoms with Gasteiger partial charge in [-0.1, -0.05) is 0 Å². The maximum atomic E-state index is 12.2. The minimum atomic E-state index is 0.103. The molecule has 0 aromatic carbocycles. The van der Waals surface area contributed by atoms with Crippen molar-refractivity contribution in [2.75, 3.05) is 18.4 Å². The predicted octanol–water partition coefficient (Wildman–Crippen LogP) is 3.26. The van der Waals surface area contributed by atoms with Crippen LogP contribution in [0, 0.1) is 0 Å². The third-order valence-electron chi connectivity index (χ3n) is 3.80. The number of hydrogen-bond donors (Lipinski definition) is 1. The number of pyridine rings is 1. The number of anilines is 1. The number of aromatic nitrogens is 1. The second-order valence-corrected chi connectivity index (χ2v) is 6.16. The molecule has 0 atom stereocenters. The lowest BCUT2D eigenvalue weighted by Crippen LogP contribution is -2.41. The maximum absolute atomic E-state index is 12.2. The molecular formula is C17H19N3OS. The molecule has 0 radical (unpaired) electrons. The number of carbonyl (C=O) groups excluding carboxylic acids is 1. The van der Waals surface area contributed by atoms with Crippen LogP contribution < -0.4 is 5.32 Å². The summed E-state index contributed by atoms with van der Waals surface area (Å²) in [4.78, 5) is 18.2. The normalized spacial score (nSPS) is 16.1. The summed E-state index contributed by atoms with van der Waals surface area (Å²) in [5, 5.41) is 7.53. The fourth-order valence-electron chi connectivity index (χ4n) is 2.57. The van der Waals surface area contributed by atoms with Gasteiger partial charge < -0.3 is 10.2 Å². The van der Waals surface area contributed by atoms with Crippen molar-refractivity contribution >= 4 is 29.0 Å². The molecule has 2 aromatic rings. The van der Waals surface area contributed by atoms with Gasteiger partial charge in [-0.3, -0.25) is 9.78 Å². The Balaban J connectivity index is 1.48. The van der Waals surface area contributed by atoms with Crippen molar-refractivity contribution in [1.82, 2.24) is 9.88 Å². The first kappa shape index (κ1) is 14.8. The van der Waals surface area contributed by atoms with Gasteiger partial charge >= 0.3 is 0 Å². The Morgan fingerprint density at radius 1 is 1.36 bits per heavy atom. The molecule has 0 saturated carbocycles. The van der Waals surface area contributed by atoms with Gasteiger partial charge in [0, 0.05) is 37.6 Å². The number of nitrogens with one attached hydrogen (secondary N) is 1. The summed E-state index contributed by atoms with van der Waals surface area (Å²) in [5.41, 5.74) is 2.14. The molecule has 1 fully saturated rings. The molecule has 5 heteroatoms. The zero-order valence-electron chi connectivity index (χ0n) is 12.3. The van der Waals surface area contributed by atoms with Crippen molar-refractivity contribution in [2.24, 2.45) is 0 Å². The molecule has 1 saturated heterocycles. The van der Waals surface area contributed by atoms with Crippen LogP contribution in [0.15, 0.2) is 47.4 Å². The average molecular weight is 313 g/mol. The highest BCUT2D eigenvalue weighted by Crippen LogP contribution is 2.16. The van der Waals surface area contributed by atoms with Crippen molar-refractivity contribution in [3.63, 3.8) is 0 Å². The number of thiophene rings is 1. The van der Waals surface area contributed by atoms with Crippen LogP contribution in [0.3, 0.4) is 0 Å². The molecule has 1 aliphatic rings. The van der Waals surface area contributed by atoms with E-state index in [9.17, 15) is 4.79 Å². The molecule has 0 bridgehead atoms. The quantitative estimate of drug-likeness (QED) is 0.881. The first-order valence-corrected chi connectivity index (χ1v) is 8.41. The van der Waals surface area contributed by atoms with Gasteiger partial charge in [-0.25, -0.2) is 0 Å². The molecule has 22 heavy (non-hydrogen) atoms. The van der Waals surface area contributed by atoms with Crippen LogP contribution >= 0.6 is 11.3 Å². The minimum Gasteiger partial charge on any atom is -0.381 e. The third-order valence-corrected chi connectivity index (χ3v) is 4.50. The van der Waals surface area contributed by atoms with E-state index in [0.29, 0.717) is 6.04 Å². The third kappa shape index (κ3) is 3.95. The second-order valence-electron chi connectivity index (χ2n) is 5.38. The van der Waals surface area contributed by atoms with Crippen molar-refractivity contribution in [1.29, 1.82) is 0 Å². The summed E-state index contributed by atoms with van der Waals surface area (Å²) in [5.74, 6) is 0.103. The standard InChI is InChI=1S/C17H19N3OS/c21-17(4-3-14-7-11-22-13-14)20-9-5-15(6-10-20)19-16-2-1-8-18-12-16/h1-4,7-8,11-13,15,19H,5-6,9-10H2. The summed E-state index contributed by atoms with van der Waals surface area (Å²) < 4.78 is 0. The molecule has 1 amide bonds. The van der Waals surface area contributed by atoms with Crippen LogP contribution in [0.25, 0.3) is 6.08 Å². The van der Waals surface area contributed by atoms with Crippen LogP contribution in [0.5, 0.6) is 0 Å². The van der Waals surface area contributed by atoms with E-state index >= 15 is 0 Å². The summed E-state index contributed by atoms with van der Waals surface area (Å²) in [7, 11) is 0. The van der Waals surface area contributed by atoms with Crippen LogP contribution in [-0.2, 0) is 4.79 Å². The predicted molar refractivity (Wildman–Crippen MR) is 90.8 cm³/mol. The Kier molecular flexibility index (Phi) is 4.85. The number of likely N-dealkylation sites (tertiary alicyclic amines) is 1. The molecule has 0 aliphatic carbocycles. The van der Waals surface area contributed by atoms with Crippen molar-refractivity contribution in [3.05, 3.63) is 53.0 Å². The lowest BCUT2D eigenvalue weighted by molar-refractivity contribution is -0.126. The number of amides is 1. The van der Waals surface area contributed by atoms with Crippen LogP contribution in [0.1, 0.15) is 18.4 Å². The van der Waals surface area contributed by atoms with E-state index in [0.717, 1.165) is 37.2 Å². The smallest absolute Gasteiger partial charge is 0.246 e. The van der Waals surface area contributed by atoms with Gasteiger partial charge in [0.2, 0.25) is 5.91 Å². The Bertz CT molecular complexity index is 617. The molecule has 1 N–H and O–H groups in total. The van der Waals surface area contributed by atoms with E-state index in [4.69, 9.17) is 0 Å². The van der Waals surface area contributed by atoms with E-state index in [2.05, 4.69) is 10.3 Å². The van der Waals surface area contributed by atoms with Crippen LogP contribution in [0.2, 0.25) is 0 Å². The lowest BCUT2D eigenvalue weighted by Gasteiger charge is -2.32. The first-order valence-electron chi connectivity index (χ1n) is 7.47. The monoisotopic (exact) mass is 313 g/mol. The fourth-order valence-corrected chi connectivity index (χ4v) is 3.20. The van der Waals surface area contributed by atoms with Gasteiger partial charge in [0.05, 0.1) is 5.69 Å². The molecule has 114 valence electrons. The number of hydrogen-bond acceptors (Lipinski definition) is 4. The van der Waals surface area contributed by atoms with Gasteiger partial charge in [0.25, 0.3) is 0 Å². The molecule has 3 rings (SSSR count). The topological polar surface area (TPSA) is 45.2 Å². The largest absolute Gasteiger partial charge is 0.381 e.